The summed E-state index contributed by atoms with van der Waals surface area (Å²) in [6.07, 6.45) is 0. The van der Waals surface area contributed by atoms with E-state index in [0.717, 1.165) is 56.6 Å². The molecular formula is C60H42N4. The zero-order chi connectivity index (χ0) is 42.4. The number of rotatable bonds is 9. The molecule has 0 fully saturated rings. The van der Waals surface area contributed by atoms with E-state index in [1.807, 2.05) is 0 Å². The third kappa shape index (κ3) is 6.40. The second-order valence-electron chi connectivity index (χ2n) is 16.2. The summed E-state index contributed by atoms with van der Waals surface area (Å²) < 4.78 is 4.88. The van der Waals surface area contributed by atoms with Crippen LogP contribution in [0.15, 0.2) is 255 Å². The van der Waals surface area contributed by atoms with E-state index in [9.17, 15) is 0 Å². The Morgan fingerprint density at radius 3 is 0.797 bits per heavy atom. The molecule has 0 aliphatic carbocycles. The fourth-order valence-electron chi connectivity index (χ4n) is 9.64. The third-order valence-electron chi connectivity index (χ3n) is 12.4. The van der Waals surface area contributed by atoms with Crippen LogP contribution >= 0.6 is 0 Å². The normalized spacial score (nSPS) is 11.4. The molecular weight excluding hydrogens is 777 g/mol. The fourth-order valence-corrected chi connectivity index (χ4v) is 9.64. The van der Waals surface area contributed by atoms with E-state index < -0.39 is 0 Å². The van der Waals surface area contributed by atoms with E-state index in [-0.39, 0.29) is 0 Å². The minimum atomic E-state index is 1.04. The molecule has 0 amide bonds. The van der Waals surface area contributed by atoms with Crippen LogP contribution in [0, 0.1) is 0 Å². The largest absolute Gasteiger partial charge is 0.310 e. The second kappa shape index (κ2) is 15.7. The van der Waals surface area contributed by atoms with Crippen LogP contribution in [0.4, 0.5) is 34.1 Å². The summed E-state index contributed by atoms with van der Waals surface area (Å²) in [6, 6.07) is 92.0. The van der Waals surface area contributed by atoms with E-state index in [2.05, 4.69) is 274 Å². The van der Waals surface area contributed by atoms with Crippen LogP contribution in [0.2, 0.25) is 0 Å². The van der Waals surface area contributed by atoms with Crippen molar-refractivity contribution in [3.8, 4) is 22.5 Å². The molecule has 0 saturated heterocycles. The first-order valence-corrected chi connectivity index (χ1v) is 21.8. The molecule has 12 aromatic rings. The van der Waals surface area contributed by atoms with Gasteiger partial charge in [0.1, 0.15) is 0 Å². The number of aromatic nitrogens is 2. The van der Waals surface area contributed by atoms with Crippen LogP contribution in [-0.2, 0) is 0 Å². The molecule has 64 heavy (non-hydrogen) atoms. The summed E-state index contributed by atoms with van der Waals surface area (Å²) in [4.78, 5) is 4.73. The minimum absolute atomic E-state index is 1.04. The summed E-state index contributed by atoms with van der Waals surface area (Å²) in [5.41, 5.74) is 15.4. The zero-order valence-corrected chi connectivity index (χ0v) is 35.0. The topological polar surface area (TPSA) is 16.3 Å². The average Bonchev–Trinajstić information content (AvgIpc) is 3.89. The van der Waals surface area contributed by atoms with Gasteiger partial charge in [-0.25, -0.2) is 0 Å². The van der Waals surface area contributed by atoms with Gasteiger partial charge in [-0.2, -0.15) is 0 Å². The van der Waals surface area contributed by atoms with Crippen molar-refractivity contribution < 1.29 is 0 Å². The first-order valence-electron chi connectivity index (χ1n) is 21.8. The van der Waals surface area contributed by atoms with Crippen molar-refractivity contribution in [2.45, 2.75) is 0 Å². The monoisotopic (exact) mass is 818 g/mol. The molecule has 302 valence electrons. The molecule has 0 aliphatic rings. The molecule has 2 aromatic heterocycles. The Bertz CT molecular complexity index is 3190. The Kier molecular flexibility index (Phi) is 9.12. The molecule has 0 atom stereocenters. The van der Waals surface area contributed by atoms with Crippen molar-refractivity contribution in [2.24, 2.45) is 0 Å². The van der Waals surface area contributed by atoms with Gasteiger partial charge in [0, 0.05) is 67.0 Å². The van der Waals surface area contributed by atoms with Crippen LogP contribution < -0.4 is 9.80 Å². The lowest BCUT2D eigenvalue weighted by molar-refractivity contribution is 1.13. The van der Waals surface area contributed by atoms with Crippen LogP contribution in [0.5, 0.6) is 0 Å². The predicted octanol–water partition coefficient (Wildman–Crippen LogP) is 16.5. The lowest BCUT2D eigenvalue weighted by Crippen LogP contribution is -2.13. The van der Waals surface area contributed by atoms with Gasteiger partial charge in [-0.3, -0.25) is 0 Å². The molecule has 0 unspecified atom stereocenters. The average molecular weight is 819 g/mol. The number of hydrogen-bond donors (Lipinski definition) is 0. The van der Waals surface area contributed by atoms with E-state index in [1.165, 1.54) is 43.6 Å². The van der Waals surface area contributed by atoms with Crippen molar-refractivity contribution in [1.29, 1.82) is 0 Å². The summed E-state index contributed by atoms with van der Waals surface area (Å²) in [5.74, 6) is 0. The number of benzene rings is 10. The Labute approximate surface area is 372 Å². The molecule has 0 spiro atoms. The van der Waals surface area contributed by atoms with Crippen molar-refractivity contribution in [3.05, 3.63) is 255 Å². The number of nitrogens with zero attached hydrogens (tertiary/aromatic N) is 4. The first kappa shape index (κ1) is 37.2. The smallest absolute Gasteiger partial charge is 0.0541 e. The SMILES string of the molecule is c1ccc(N(c2ccccc2)c2cc(-c3cc(-n4c5ccccc5c5ccccc54)cc(-n4c5ccccc5c5ccccc54)c3)cc(N(c3ccccc3)c3ccccc3)c2)cc1. The Hall–Kier alpha value is -8.60. The maximum atomic E-state index is 2.44. The molecule has 12 rings (SSSR count). The standard InChI is InChI=1S/C60H42N4/c1-5-21-45(22-6-1)61(46-23-7-2-8-24-46)49-37-43(38-50(41-49)62(47-25-9-3-10-26-47)48-27-11-4-12-28-48)44-39-51(63-57-33-17-13-29-53(57)54-30-14-18-34-58(54)63)42-52(40-44)64-59-35-19-15-31-55(59)56-32-16-20-36-60(56)64/h1-42H. The summed E-state index contributed by atoms with van der Waals surface area (Å²) in [5, 5.41) is 4.92. The third-order valence-corrected chi connectivity index (χ3v) is 12.4. The summed E-state index contributed by atoms with van der Waals surface area (Å²) >= 11 is 0. The van der Waals surface area contributed by atoms with Gasteiger partial charge in [-0.1, -0.05) is 146 Å². The highest BCUT2D eigenvalue weighted by atomic mass is 15.2. The van der Waals surface area contributed by atoms with E-state index in [1.54, 1.807) is 0 Å². The molecule has 4 nitrogen and oxygen atoms in total. The van der Waals surface area contributed by atoms with Gasteiger partial charge in [0.05, 0.1) is 22.1 Å². The second-order valence-corrected chi connectivity index (χ2v) is 16.2. The van der Waals surface area contributed by atoms with Gasteiger partial charge in [-0.15, -0.1) is 0 Å². The molecule has 2 heterocycles. The number of hydrogen-bond acceptors (Lipinski definition) is 2. The van der Waals surface area contributed by atoms with Crippen LogP contribution in [0.1, 0.15) is 0 Å². The summed E-state index contributed by atoms with van der Waals surface area (Å²) in [7, 11) is 0. The number of para-hydroxylation sites is 8. The van der Waals surface area contributed by atoms with Gasteiger partial charge >= 0.3 is 0 Å². The van der Waals surface area contributed by atoms with Crippen molar-refractivity contribution >= 4 is 77.7 Å². The predicted molar refractivity (Wildman–Crippen MR) is 270 cm³/mol. The molecule has 0 aliphatic heterocycles. The number of fused-ring (bicyclic) bond motifs is 6. The van der Waals surface area contributed by atoms with Gasteiger partial charge in [-0.05, 0) is 120 Å². The first-order chi connectivity index (χ1) is 31.8. The Morgan fingerprint density at radius 1 is 0.219 bits per heavy atom. The minimum Gasteiger partial charge on any atom is -0.310 e. The van der Waals surface area contributed by atoms with E-state index >= 15 is 0 Å². The molecule has 0 radical (unpaired) electrons. The molecule has 4 heteroatoms. The van der Waals surface area contributed by atoms with Crippen molar-refractivity contribution in [1.82, 2.24) is 9.13 Å². The van der Waals surface area contributed by atoms with Gasteiger partial charge in [0.25, 0.3) is 0 Å². The zero-order valence-electron chi connectivity index (χ0n) is 35.0. The molecule has 0 saturated carbocycles. The molecule has 10 aromatic carbocycles. The van der Waals surface area contributed by atoms with E-state index in [4.69, 9.17) is 0 Å². The maximum absolute atomic E-state index is 2.44. The Morgan fingerprint density at radius 2 is 0.484 bits per heavy atom. The van der Waals surface area contributed by atoms with E-state index in [0.29, 0.717) is 0 Å². The highest BCUT2D eigenvalue weighted by molar-refractivity contribution is 6.11. The summed E-state index contributed by atoms with van der Waals surface area (Å²) in [6.45, 7) is 0. The van der Waals surface area contributed by atoms with Crippen molar-refractivity contribution in [3.63, 3.8) is 0 Å². The Balaban J connectivity index is 1.19. The van der Waals surface area contributed by atoms with Gasteiger partial charge < -0.3 is 18.9 Å². The molecule has 0 N–H and O–H groups in total. The van der Waals surface area contributed by atoms with Crippen LogP contribution in [-0.4, -0.2) is 9.13 Å². The lowest BCUT2D eigenvalue weighted by atomic mass is 10.00. The van der Waals surface area contributed by atoms with Gasteiger partial charge in [0.15, 0.2) is 0 Å². The quantitative estimate of drug-likeness (QED) is 0.144. The van der Waals surface area contributed by atoms with Crippen LogP contribution in [0.25, 0.3) is 66.1 Å². The highest BCUT2D eigenvalue weighted by Gasteiger charge is 2.22. The number of anilines is 6. The lowest BCUT2D eigenvalue weighted by Gasteiger charge is -2.30. The highest BCUT2D eigenvalue weighted by Crippen LogP contribution is 2.45. The van der Waals surface area contributed by atoms with Crippen LogP contribution in [0.3, 0.4) is 0 Å². The maximum Gasteiger partial charge on any atom is 0.0541 e. The fraction of sp³-hybridized carbons (Fsp3) is 0. The molecule has 0 bridgehead atoms. The van der Waals surface area contributed by atoms with Gasteiger partial charge in [0.2, 0.25) is 0 Å². The van der Waals surface area contributed by atoms with Crippen molar-refractivity contribution in [2.75, 3.05) is 9.80 Å².